The van der Waals surface area contributed by atoms with Crippen LogP contribution in [0.2, 0.25) is 5.02 Å². The summed E-state index contributed by atoms with van der Waals surface area (Å²) in [6.45, 7) is 0.315. The Morgan fingerprint density at radius 1 is 0.935 bits per heavy atom. The third-order valence-electron chi connectivity index (χ3n) is 5.69. The summed E-state index contributed by atoms with van der Waals surface area (Å²) in [5, 5.41) is 0.589. The molecule has 1 heterocycles. The van der Waals surface area contributed by atoms with Crippen molar-refractivity contribution in [2.45, 2.75) is 24.9 Å². The Bertz CT molecular complexity index is 1110. The minimum Gasteiger partial charge on any atom is -0.334 e. The van der Waals surface area contributed by atoms with Gasteiger partial charge in [-0.15, -0.1) is 0 Å². The van der Waals surface area contributed by atoms with Crippen LogP contribution in [0.5, 0.6) is 0 Å². The van der Waals surface area contributed by atoms with Gasteiger partial charge in [0.25, 0.3) is 0 Å². The first-order chi connectivity index (χ1) is 14.9. The van der Waals surface area contributed by atoms with E-state index >= 15 is 0 Å². The molecule has 31 heavy (non-hydrogen) atoms. The lowest BCUT2D eigenvalue weighted by atomic mass is 9.89. The molecule has 0 radical (unpaired) electrons. The Kier molecular flexibility index (Phi) is 6.44. The summed E-state index contributed by atoms with van der Waals surface area (Å²) in [6.07, 6.45) is 0.449. The highest BCUT2D eigenvalue weighted by atomic mass is 35.5. The van der Waals surface area contributed by atoms with Crippen molar-refractivity contribution in [1.29, 1.82) is 0 Å². The Labute approximate surface area is 188 Å². The molecule has 1 fully saturated rings. The van der Waals surface area contributed by atoms with Crippen molar-refractivity contribution in [2.24, 2.45) is 0 Å². The molecular weight excluding hydrogens is 430 g/mol. The van der Waals surface area contributed by atoms with Crippen LogP contribution >= 0.6 is 11.6 Å². The molecule has 3 aromatic carbocycles. The lowest BCUT2D eigenvalue weighted by Crippen LogP contribution is -2.43. The van der Waals surface area contributed by atoms with Crippen molar-refractivity contribution >= 4 is 27.3 Å². The molecule has 160 valence electrons. The van der Waals surface area contributed by atoms with Gasteiger partial charge in [-0.05, 0) is 35.2 Å². The first-order valence-electron chi connectivity index (χ1n) is 10.3. The van der Waals surface area contributed by atoms with Crippen LogP contribution in [0, 0.1) is 0 Å². The van der Waals surface area contributed by atoms with E-state index in [0.717, 1.165) is 16.7 Å². The number of rotatable bonds is 6. The minimum atomic E-state index is -3.15. The quantitative estimate of drug-likeness (QED) is 0.544. The molecule has 0 N–H and O–H groups in total. The normalized spacial score (nSPS) is 17.5. The van der Waals surface area contributed by atoms with Gasteiger partial charge in [-0.3, -0.25) is 4.79 Å². The summed E-state index contributed by atoms with van der Waals surface area (Å²) in [7, 11) is -3.15. The van der Waals surface area contributed by atoms with Crippen LogP contribution in [-0.4, -0.2) is 36.8 Å². The number of sulfone groups is 1. The largest absolute Gasteiger partial charge is 0.334 e. The van der Waals surface area contributed by atoms with Crippen LogP contribution in [0.4, 0.5) is 0 Å². The molecule has 1 amide bonds. The highest BCUT2D eigenvalue weighted by Gasteiger charge is 2.38. The average Bonchev–Trinajstić information content (AvgIpc) is 3.13. The first kappa shape index (κ1) is 21.6. The van der Waals surface area contributed by atoms with Gasteiger partial charge in [0.1, 0.15) is 0 Å². The summed E-state index contributed by atoms with van der Waals surface area (Å²) >= 11 is 6.17. The van der Waals surface area contributed by atoms with E-state index in [9.17, 15) is 13.2 Å². The second-order valence-corrected chi connectivity index (χ2v) is 10.6. The number of hydrogen-bond acceptors (Lipinski definition) is 3. The Balaban J connectivity index is 1.75. The number of hydrogen-bond donors (Lipinski definition) is 0. The fourth-order valence-electron chi connectivity index (χ4n) is 4.17. The minimum absolute atomic E-state index is 0.00436. The van der Waals surface area contributed by atoms with Gasteiger partial charge in [0.15, 0.2) is 9.84 Å². The molecule has 6 heteroatoms. The van der Waals surface area contributed by atoms with Gasteiger partial charge < -0.3 is 4.90 Å². The van der Waals surface area contributed by atoms with Crippen LogP contribution < -0.4 is 0 Å². The molecule has 1 atom stereocenters. The van der Waals surface area contributed by atoms with E-state index in [1.807, 2.05) is 78.9 Å². The molecule has 1 aliphatic rings. The number of carbonyl (C=O) groups excluding carboxylic acids is 1. The van der Waals surface area contributed by atoms with E-state index in [1.165, 1.54) is 0 Å². The van der Waals surface area contributed by atoms with Crippen LogP contribution in [0.25, 0.3) is 0 Å². The van der Waals surface area contributed by atoms with E-state index < -0.39 is 15.8 Å². The Morgan fingerprint density at radius 3 is 2.06 bits per heavy atom. The smallest absolute Gasteiger partial charge is 0.235 e. The molecule has 0 aromatic heterocycles. The molecule has 0 aliphatic carbocycles. The summed E-state index contributed by atoms with van der Waals surface area (Å²) in [5.74, 6) is -0.502. The van der Waals surface area contributed by atoms with Gasteiger partial charge in [0.2, 0.25) is 5.91 Å². The topological polar surface area (TPSA) is 54.5 Å². The number of nitrogens with zero attached hydrogens (tertiary/aromatic N) is 1. The van der Waals surface area contributed by atoms with Crippen molar-refractivity contribution in [2.75, 3.05) is 11.5 Å². The maximum atomic E-state index is 14.0. The van der Waals surface area contributed by atoms with Crippen LogP contribution in [0.3, 0.4) is 0 Å². The number of halogens is 1. The van der Waals surface area contributed by atoms with E-state index in [2.05, 4.69) is 0 Å². The summed E-state index contributed by atoms with van der Waals surface area (Å²) in [5.41, 5.74) is 2.65. The van der Waals surface area contributed by atoms with Gasteiger partial charge in [-0.1, -0.05) is 84.4 Å². The zero-order valence-corrected chi connectivity index (χ0v) is 18.6. The predicted octanol–water partition coefficient (Wildman–Crippen LogP) is 4.69. The first-order valence-corrected chi connectivity index (χ1v) is 12.5. The Morgan fingerprint density at radius 2 is 1.55 bits per heavy atom. The van der Waals surface area contributed by atoms with Crippen LogP contribution in [0.15, 0.2) is 84.9 Å². The molecule has 0 bridgehead atoms. The van der Waals surface area contributed by atoms with Gasteiger partial charge >= 0.3 is 0 Å². The standard InChI is InChI=1S/C25H24ClNO3S/c26-22-13-7-8-19(16-22)17-27(23-14-15-31(29,30)18-23)25(28)24(20-9-3-1-4-10-20)21-11-5-2-6-12-21/h1-13,16,23-24H,14-15,17-18H2/t23-/m1/s1. The third kappa shape index (κ3) is 5.17. The maximum absolute atomic E-state index is 14.0. The zero-order valence-electron chi connectivity index (χ0n) is 17.0. The van der Waals surface area contributed by atoms with Crippen molar-refractivity contribution in [3.05, 3.63) is 107 Å². The van der Waals surface area contributed by atoms with E-state index in [4.69, 9.17) is 11.6 Å². The molecule has 4 nitrogen and oxygen atoms in total. The van der Waals surface area contributed by atoms with E-state index in [0.29, 0.717) is 18.0 Å². The van der Waals surface area contributed by atoms with E-state index in [1.54, 1.807) is 11.0 Å². The van der Waals surface area contributed by atoms with Crippen LogP contribution in [0.1, 0.15) is 29.0 Å². The SMILES string of the molecule is O=C(C(c1ccccc1)c1ccccc1)N(Cc1cccc(Cl)c1)[C@@H]1CCS(=O)(=O)C1. The average molecular weight is 454 g/mol. The van der Waals surface area contributed by atoms with Crippen LogP contribution in [-0.2, 0) is 21.2 Å². The van der Waals surface area contributed by atoms with Gasteiger partial charge in [0.05, 0.1) is 17.4 Å². The molecule has 4 rings (SSSR count). The number of carbonyl (C=O) groups is 1. The highest BCUT2D eigenvalue weighted by Crippen LogP contribution is 2.31. The summed E-state index contributed by atoms with van der Waals surface area (Å²) < 4.78 is 24.5. The predicted molar refractivity (Wildman–Crippen MR) is 124 cm³/mol. The van der Waals surface area contributed by atoms with E-state index in [-0.39, 0.29) is 23.5 Å². The fraction of sp³-hybridized carbons (Fsp3) is 0.240. The van der Waals surface area contributed by atoms with Gasteiger partial charge in [0, 0.05) is 17.6 Å². The van der Waals surface area contributed by atoms with Crippen molar-refractivity contribution < 1.29 is 13.2 Å². The molecule has 0 saturated carbocycles. The molecule has 1 aliphatic heterocycles. The fourth-order valence-corrected chi connectivity index (χ4v) is 6.12. The van der Waals surface area contributed by atoms with Gasteiger partial charge in [-0.25, -0.2) is 8.42 Å². The molecule has 3 aromatic rings. The highest BCUT2D eigenvalue weighted by molar-refractivity contribution is 7.91. The summed E-state index contributed by atoms with van der Waals surface area (Å²) in [4.78, 5) is 15.8. The molecule has 0 unspecified atom stereocenters. The number of benzene rings is 3. The number of amides is 1. The molecule has 0 spiro atoms. The molecular formula is C25H24ClNO3S. The lowest BCUT2D eigenvalue weighted by Gasteiger charge is -2.32. The van der Waals surface area contributed by atoms with Crippen molar-refractivity contribution in [3.8, 4) is 0 Å². The lowest BCUT2D eigenvalue weighted by molar-refractivity contribution is -0.134. The van der Waals surface area contributed by atoms with Crippen molar-refractivity contribution in [1.82, 2.24) is 4.90 Å². The van der Waals surface area contributed by atoms with Crippen molar-refractivity contribution in [3.63, 3.8) is 0 Å². The zero-order chi connectivity index (χ0) is 21.8. The monoisotopic (exact) mass is 453 g/mol. The van der Waals surface area contributed by atoms with Gasteiger partial charge in [-0.2, -0.15) is 0 Å². The summed E-state index contributed by atoms with van der Waals surface area (Å²) in [6, 6.07) is 26.3. The second kappa shape index (κ2) is 9.25. The maximum Gasteiger partial charge on any atom is 0.235 e. The second-order valence-electron chi connectivity index (χ2n) is 7.91. The third-order valence-corrected chi connectivity index (χ3v) is 7.67. The molecule has 1 saturated heterocycles. The Hall–Kier alpha value is -2.63.